The summed E-state index contributed by atoms with van der Waals surface area (Å²) in [6.07, 6.45) is 3.05. The predicted molar refractivity (Wildman–Crippen MR) is 54.0 cm³/mol. The average Bonchev–Trinajstić information content (AvgIpc) is 2.05. The van der Waals surface area contributed by atoms with E-state index in [2.05, 4.69) is 4.40 Å². The SMILES string of the molecule is CCOC(=O)C(/C=N/SC)=C(\C)O. The molecule has 5 heteroatoms. The maximum Gasteiger partial charge on any atom is 0.343 e. The fraction of sp³-hybridized carbons (Fsp3) is 0.500. The minimum Gasteiger partial charge on any atom is -0.512 e. The largest absolute Gasteiger partial charge is 0.512 e. The molecule has 0 amide bonds. The number of ether oxygens (including phenoxy) is 1. The minimum absolute atomic E-state index is 0.0868. The number of esters is 1. The van der Waals surface area contributed by atoms with Gasteiger partial charge in [0.15, 0.2) is 0 Å². The van der Waals surface area contributed by atoms with Crippen LogP contribution in [0.4, 0.5) is 0 Å². The molecule has 0 aromatic rings. The Hall–Kier alpha value is -0.970. The number of aliphatic hydroxyl groups excluding tert-OH is 1. The van der Waals surface area contributed by atoms with Crippen LogP contribution >= 0.6 is 11.9 Å². The Morgan fingerprint density at radius 2 is 2.31 bits per heavy atom. The van der Waals surface area contributed by atoms with E-state index < -0.39 is 5.97 Å². The smallest absolute Gasteiger partial charge is 0.343 e. The lowest BCUT2D eigenvalue weighted by Gasteiger charge is -2.02. The van der Waals surface area contributed by atoms with Crippen LogP contribution in [0, 0.1) is 0 Å². The summed E-state index contributed by atoms with van der Waals surface area (Å²) in [5.41, 5.74) is 0.0937. The molecule has 0 unspecified atom stereocenters. The van der Waals surface area contributed by atoms with Crippen molar-refractivity contribution in [2.45, 2.75) is 13.8 Å². The highest BCUT2D eigenvalue weighted by atomic mass is 32.2. The molecule has 0 aliphatic rings. The van der Waals surface area contributed by atoms with Crippen molar-refractivity contribution in [1.82, 2.24) is 0 Å². The van der Waals surface area contributed by atoms with E-state index in [1.807, 2.05) is 0 Å². The zero-order chi connectivity index (χ0) is 10.3. The van der Waals surface area contributed by atoms with Crippen LogP contribution in [-0.2, 0) is 9.53 Å². The lowest BCUT2D eigenvalue weighted by molar-refractivity contribution is -0.138. The number of nitrogens with zero attached hydrogens (tertiary/aromatic N) is 1. The Kier molecular flexibility index (Phi) is 6.05. The zero-order valence-electron chi connectivity index (χ0n) is 7.90. The summed E-state index contributed by atoms with van der Waals surface area (Å²) < 4.78 is 8.47. The first-order valence-electron chi connectivity index (χ1n) is 3.77. The quantitative estimate of drug-likeness (QED) is 0.248. The lowest BCUT2D eigenvalue weighted by Crippen LogP contribution is -2.10. The normalized spacial score (nSPS) is 12.8. The van der Waals surface area contributed by atoms with E-state index in [-0.39, 0.29) is 17.9 Å². The molecule has 74 valence electrons. The van der Waals surface area contributed by atoms with E-state index in [4.69, 9.17) is 9.84 Å². The third kappa shape index (κ3) is 4.57. The molecule has 4 nitrogen and oxygen atoms in total. The van der Waals surface area contributed by atoms with E-state index in [1.165, 1.54) is 25.1 Å². The molecule has 0 rings (SSSR count). The zero-order valence-corrected chi connectivity index (χ0v) is 8.72. The standard InChI is InChI=1S/C8H13NO3S/c1-4-12-8(11)7(6(2)10)5-9-13-3/h5,10H,4H2,1-3H3/b7-6+,9-5+. The second kappa shape index (κ2) is 6.54. The third-order valence-corrected chi connectivity index (χ3v) is 1.49. The Labute approximate surface area is 81.8 Å². The molecule has 0 aliphatic carbocycles. The van der Waals surface area contributed by atoms with Gasteiger partial charge in [-0.15, -0.1) is 0 Å². The van der Waals surface area contributed by atoms with Gasteiger partial charge in [0.25, 0.3) is 0 Å². The second-order valence-corrected chi connectivity index (χ2v) is 2.71. The van der Waals surface area contributed by atoms with Crippen molar-refractivity contribution in [3.05, 3.63) is 11.3 Å². The molecule has 0 bridgehead atoms. The summed E-state index contributed by atoms with van der Waals surface area (Å²) in [6, 6.07) is 0. The maximum absolute atomic E-state index is 11.1. The fourth-order valence-corrected chi connectivity index (χ4v) is 0.819. The summed E-state index contributed by atoms with van der Waals surface area (Å²) in [5.74, 6) is -0.642. The van der Waals surface area contributed by atoms with Gasteiger partial charge in [-0.25, -0.2) is 9.19 Å². The molecular formula is C8H13NO3S. The van der Waals surface area contributed by atoms with Crippen molar-refractivity contribution in [2.24, 2.45) is 4.40 Å². The van der Waals surface area contributed by atoms with Crippen LogP contribution in [0.5, 0.6) is 0 Å². The Balaban J connectivity index is 4.54. The van der Waals surface area contributed by atoms with Gasteiger partial charge in [0.2, 0.25) is 0 Å². The van der Waals surface area contributed by atoms with E-state index in [9.17, 15) is 4.79 Å². The molecule has 0 aromatic carbocycles. The monoisotopic (exact) mass is 203 g/mol. The van der Waals surface area contributed by atoms with Crippen LogP contribution in [0.3, 0.4) is 0 Å². The number of rotatable bonds is 4. The van der Waals surface area contributed by atoms with Gasteiger partial charge in [0.05, 0.1) is 12.8 Å². The Morgan fingerprint density at radius 3 is 2.69 bits per heavy atom. The Bertz CT molecular complexity index is 232. The predicted octanol–water partition coefficient (Wildman–Crippen LogP) is 1.73. The van der Waals surface area contributed by atoms with Crippen LogP contribution in [-0.4, -0.2) is 30.2 Å². The van der Waals surface area contributed by atoms with Gasteiger partial charge >= 0.3 is 5.97 Å². The molecule has 13 heavy (non-hydrogen) atoms. The van der Waals surface area contributed by atoms with Gasteiger partial charge in [0, 0.05) is 6.26 Å². The van der Waals surface area contributed by atoms with Gasteiger partial charge in [-0.3, -0.25) is 0 Å². The first-order valence-corrected chi connectivity index (χ1v) is 4.95. The van der Waals surface area contributed by atoms with E-state index >= 15 is 0 Å². The molecule has 0 radical (unpaired) electrons. The van der Waals surface area contributed by atoms with Crippen molar-refractivity contribution in [2.75, 3.05) is 12.9 Å². The van der Waals surface area contributed by atoms with Crippen LogP contribution in [0.25, 0.3) is 0 Å². The molecule has 0 aromatic heterocycles. The van der Waals surface area contributed by atoms with Crippen LogP contribution < -0.4 is 0 Å². The number of aliphatic hydroxyl groups is 1. The number of hydrogen-bond donors (Lipinski definition) is 1. The summed E-state index contributed by atoms with van der Waals surface area (Å²) in [7, 11) is 0. The molecule has 0 fully saturated rings. The first kappa shape index (κ1) is 12.0. The Morgan fingerprint density at radius 1 is 1.69 bits per heavy atom. The van der Waals surface area contributed by atoms with E-state index in [0.29, 0.717) is 0 Å². The summed E-state index contributed by atoms with van der Waals surface area (Å²) >= 11 is 1.20. The highest BCUT2D eigenvalue weighted by Gasteiger charge is 2.11. The van der Waals surface area contributed by atoms with Gasteiger partial charge < -0.3 is 9.84 Å². The van der Waals surface area contributed by atoms with Crippen molar-refractivity contribution < 1.29 is 14.6 Å². The third-order valence-electron chi connectivity index (χ3n) is 1.17. The highest BCUT2D eigenvalue weighted by Crippen LogP contribution is 2.03. The van der Waals surface area contributed by atoms with Gasteiger partial charge in [0.1, 0.15) is 11.3 Å². The number of carbonyl (C=O) groups excluding carboxylic acids is 1. The number of allylic oxidation sites excluding steroid dienone is 1. The average molecular weight is 203 g/mol. The fourth-order valence-electron chi connectivity index (χ4n) is 0.608. The molecule has 0 saturated heterocycles. The summed E-state index contributed by atoms with van der Waals surface area (Å²) in [6.45, 7) is 3.40. The molecule has 0 heterocycles. The van der Waals surface area contributed by atoms with Crippen molar-refractivity contribution in [3.8, 4) is 0 Å². The number of hydrogen-bond acceptors (Lipinski definition) is 5. The van der Waals surface area contributed by atoms with Crippen molar-refractivity contribution in [3.63, 3.8) is 0 Å². The van der Waals surface area contributed by atoms with Gasteiger partial charge in [-0.2, -0.15) is 0 Å². The van der Waals surface area contributed by atoms with Crippen molar-refractivity contribution >= 4 is 24.1 Å². The van der Waals surface area contributed by atoms with Crippen LogP contribution in [0.2, 0.25) is 0 Å². The van der Waals surface area contributed by atoms with Crippen molar-refractivity contribution in [1.29, 1.82) is 0 Å². The minimum atomic E-state index is -0.555. The topological polar surface area (TPSA) is 58.9 Å². The molecule has 0 aliphatic heterocycles. The number of carbonyl (C=O) groups is 1. The summed E-state index contributed by atoms with van der Waals surface area (Å²) in [5, 5.41) is 9.11. The molecule has 0 spiro atoms. The first-order chi connectivity index (χ1) is 6.13. The van der Waals surface area contributed by atoms with Crippen LogP contribution in [0.1, 0.15) is 13.8 Å². The van der Waals surface area contributed by atoms with Crippen LogP contribution in [0.15, 0.2) is 15.7 Å². The molecule has 0 saturated carbocycles. The molecule has 1 N–H and O–H groups in total. The van der Waals surface area contributed by atoms with E-state index in [1.54, 1.807) is 13.2 Å². The lowest BCUT2D eigenvalue weighted by atomic mass is 10.2. The second-order valence-electron chi connectivity index (χ2n) is 2.14. The van der Waals surface area contributed by atoms with Gasteiger partial charge in [-0.1, -0.05) is 0 Å². The molecular weight excluding hydrogens is 190 g/mol. The highest BCUT2D eigenvalue weighted by molar-refractivity contribution is 7.97. The van der Waals surface area contributed by atoms with E-state index in [0.717, 1.165) is 0 Å². The maximum atomic E-state index is 11.1. The van der Waals surface area contributed by atoms with Gasteiger partial charge in [-0.05, 0) is 25.8 Å². The summed E-state index contributed by atoms with van der Waals surface area (Å²) in [4.78, 5) is 11.1. The molecule has 0 atom stereocenters.